The zero-order valence-electron chi connectivity index (χ0n) is 8.27. The number of rotatable bonds is 5. The molecule has 84 valence electrons. The van der Waals surface area contributed by atoms with E-state index >= 15 is 0 Å². The number of carbonyl (C=O) groups is 2. The number of unbranched alkanes of at least 4 members (excludes halogenated alkanes) is 1. The van der Waals surface area contributed by atoms with Gasteiger partial charge in [-0.3, -0.25) is 9.59 Å². The highest BCUT2D eigenvalue weighted by molar-refractivity contribution is 7.96. The van der Waals surface area contributed by atoms with Gasteiger partial charge in [-0.2, -0.15) is 0 Å². The Morgan fingerprint density at radius 2 is 1.86 bits per heavy atom. The molecule has 14 heavy (non-hydrogen) atoms. The van der Waals surface area contributed by atoms with Crippen LogP contribution in [-0.4, -0.2) is 28.8 Å². The highest BCUT2D eigenvalue weighted by Gasteiger charge is 2.09. The largest absolute Gasteiger partial charge is 0.480 e. The number of carboxylic acid groups (broad SMARTS) is 1. The molecule has 0 saturated carbocycles. The molecule has 5 N–H and O–H groups in total. The fourth-order valence-corrected chi connectivity index (χ4v) is 0.632. The maximum atomic E-state index is 10.1. The van der Waals surface area contributed by atoms with Gasteiger partial charge in [-0.05, 0) is 19.4 Å². The molecule has 0 aromatic carbocycles. The molecule has 0 aliphatic carbocycles. The zero-order valence-corrected chi connectivity index (χ0v) is 9.17. The van der Waals surface area contributed by atoms with Crippen molar-refractivity contribution < 1.29 is 14.7 Å². The van der Waals surface area contributed by atoms with Gasteiger partial charge >= 0.3 is 5.97 Å². The molecule has 0 saturated heterocycles. The van der Waals surface area contributed by atoms with Crippen molar-refractivity contribution in [1.82, 2.24) is 0 Å². The molecule has 0 aromatic heterocycles. The van der Waals surface area contributed by atoms with Gasteiger partial charge in [-0.25, -0.2) is 0 Å². The van der Waals surface area contributed by atoms with Gasteiger partial charge in [0, 0.05) is 6.92 Å². The summed E-state index contributed by atoms with van der Waals surface area (Å²) in [6.45, 7) is 2.00. The first-order valence-corrected chi connectivity index (χ1v) is 4.74. The number of carboxylic acids is 1. The average molecular weight is 222 g/mol. The van der Waals surface area contributed by atoms with E-state index in [0.717, 1.165) is 12.8 Å². The molecule has 6 heteroatoms. The van der Waals surface area contributed by atoms with Crippen LogP contribution in [0, 0.1) is 0 Å². The quantitative estimate of drug-likeness (QED) is 0.386. The van der Waals surface area contributed by atoms with Crippen LogP contribution in [0.3, 0.4) is 0 Å². The second-order valence-electron chi connectivity index (χ2n) is 2.75. The molecule has 0 amide bonds. The fraction of sp³-hybridized carbons (Fsp3) is 0.750. The van der Waals surface area contributed by atoms with Crippen LogP contribution in [0.25, 0.3) is 0 Å². The highest BCUT2D eigenvalue weighted by Crippen LogP contribution is 1.96. The SMILES string of the molecule is CC(=O)S.NCCCC[C@H](N)C(=O)O. The minimum Gasteiger partial charge on any atom is -0.480 e. The van der Waals surface area contributed by atoms with Crippen molar-refractivity contribution in [1.29, 1.82) is 0 Å². The Morgan fingerprint density at radius 3 is 2.14 bits per heavy atom. The molecule has 0 spiro atoms. The van der Waals surface area contributed by atoms with E-state index in [1.807, 2.05) is 0 Å². The predicted octanol–water partition coefficient (Wildman–Crippen LogP) is -0.01000. The van der Waals surface area contributed by atoms with Crippen molar-refractivity contribution in [3.05, 3.63) is 0 Å². The van der Waals surface area contributed by atoms with Crippen molar-refractivity contribution >= 4 is 23.7 Å². The van der Waals surface area contributed by atoms with Gasteiger partial charge in [0.25, 0.3) is 0 Å². The van der Waals surface area contributed by atoms with Gasteiger partial charge in [0.15, 0.2) is 5.12 Å². The summed E-state index contributed by atoms with van der Waals surface area (Å²) in [5.41, 5.74) is 10.4. The number of hydrogen-bond acceptors (Lipinski definition) is 4. The smallest absolute Gasteiger partial charge is 0.320 e. The molecule has 0 aromatic rings. The van der Waals surface area contributed by atoms with Gasteiger partial charge in [-0.15, -0.1) is 12.6 Å². The molecule has 0 heterocycles. The van der Waals surface area contributed by atoms with E-state index in [0.29, 0.717) is 13.0 Å². The lowest BCUT2D eigenvalue weighted by molar-refractivity contribution is -0.138. The third-order valence-electron chi connectivity index (χ3n) is 1.29. The first-order valence-electron chi connectivity index (χ1n) is 4.29. The summed E-state index contributed by atoms with van der Waals surface area (Å²) in [7, 11) is 0. The number of aliphatic carboxylic acids is 1. The van der Waals surface area contributed by atoms with Crippen molar-refractivity contribution in [3.8, 4) is 0 Å². The Kier molecular flexibility index (Phi) is 11.9. The maximum absolute atomic E-state index is 10.1. The van der Waals surface area contributed by atoms with Crippen LogP contribution >= 0.6 is 12.6 Å². The van der Waals surface area contributed by atoms with Crippen LogP contribution in [0.2, 0.25) is 0 Å². The Labute approximate surface area is 89.3 Å². The summed E-state index contributed by atoms with van der Waals surface area (Å²) in [6, 6.07) is -0.716. The minimum absolute atomic E-state index is 0.139. The Balaban J connectivity index is 0. The maximum Gasteiger partial charge on any atom is 0.320 e. The van der Waals surface area contributed by atoms with E-state index in [2.05, 4.69) is 12.6 Å². The summed E-state index contributed by atoms with van der Waals surface area (Å²) >= 11 is 3.33. The van der Waals surface area contributed by atoms with E-state index < -0.39 is 12.0 Å². The third-order valence-corrected chi connectivity index (χ3v) is 1.29. The lowest BCUT2D eigenvalue weighted by atomic mass is 10.1. The Morgan fingerprint density at radius 1 is 1.43 bits per heavy atom. The number of nitrogens with two attached hydrogens (primary N) is 2. The first kappa shape index (κ1) is 15.9. The molecule has 0 unspecified atom stereocenters. The monoisotopic (exact) mass is 222 g/mol. The molecule has 0 aliphatic heterocycles. The molecule has 5 nitrogen and oxygen atoms in total. The second-order valence-corrected chi connectivity index (χ2v) is 3.38. The lowest BCUT2D eigenvalue weighted by Gasteiger charge is -2.03. The number of thiol groups is 1. The number of carbonyl (C=O) groups excluding carboxylic acids is 1. The molecule has 0 fully saturated rings. The van der Waals surface area contributed by atoms with E-state index in [1.54, 1.807) is 0 Å². The van der Waals surface area contributed by atoms with Gasteiger partial charge in [-0.1, -0.05) is 6.42 Å². The zero-order chi connectivity index (χ0) is 11.6. The fourth-order valence-electron chi connectivity index (χ4n) is 0.632. The van der Waals surface area contributed by atoms with E-state index in [-0.39, 0.29) is 5.12 Å². The van der Waals surface area contributed by atoms with Crippen LogP contribution in [0.4, 0.5) is 0 Å². The van der Waals surface area contributed by atoms with Gasteiger partial charge in [0.05, 0.1) is 0 Å². The summed E-state index contributed by atoms with van der Waals surface area (Å²) in [4.78, 5) is 19.4. The Hall–Kier alpha value is -0.590. The highest BCUT2D eigenvalue weighted by atomic mass is 32.1. The summed E-state index contributed by atoms with van der Waals surface area (Å²) in [5, 5.41) is 8.19. The average Bonchev–Trinajstić information content (AvgIpc) is 2.03. The van der Waals surface area contributed by atoms with Gasteiger partial charge in [0.1, 0.15) is 6.04 Å². The Bertz CT molecular complexity index is 172. The summed E-state index contributed by atoms with van der Waals surface area (Å²) in [6.07, 6.45) is 2.16. The van der Waals surface area contributed by atoms with E-state index in [4.69, 9.17) is 16.6 Å². The molecule has 0 aliphatic rings. The molecular formula is C8H18N2O3S. The normalized spacial score (nSPS) is 11.1. The van der Waals surface area contributed by atoms with Gasteiger partial charge < -0.3 is 16.6 Å². The van der Waals surface area contributed by atoms with Crippen LogP contribution in [0.15, 0.2) is 0 Å². The molecule has 0 radical (unpaired) electrons. The standard InChI is InChI=1S/C6H14N2O2.C2H4OS/c7-4-2-1-3-5(8)6(9)10;1-2(3)4/h5H,1-4,7-8H2,(H,9,10);1H3,(H,3,4)/t5-;/m0./s1. The van der Waals surface area contributed by atoms with Crippen LogP contribution in [-0.2, 0) is 9.59 Å². The summed E-state index contributed by atoms with van der Waals surface area (Å²) in [5.74, 6) is -0.933. The van der Waals surface area contributed by atoms with Crippen LogP contribution in [0.1, 0.15) is 26.2 Å². The van der Waals surface area contributed by atoms with Crippen LogP contribution in [0.5, 0.6) is 0 Å². The predicted molar refractivity (Wildman–Crippen MR) is 58.2 cm³/mol. The van der Waals surface area contributed by atoms with Gasteiger partial charge in [0.2, 0.25) is 0 Å². The van der Waals surface area contributed by atoms with Crippen LogP contribution < -0.4 is 11.5 Å². The van der Waals surface area contributed by atoms with Crippen molar-refractivity contribution in [2.45, 2.75) is 32.2 Å². The van der Waals surface area contributed by atoms with Crippen molar-refractivity contribution in [2.75, 3.05) is 6.54 Å². The third kappa shape index (κ3) is 17.5. The lowest BCUT2D eigenvalue weighted by Crippen LogP contribution is -2.29. The first-order chi connectivity index (χ1) is 6.41. The van der Waals surface area contributed by atoms with E-state index in [1.165, 1.54) is 6.92 Å². The molecular weight excluding hydrogens is 204 g/mol. The minimum atomic E-state index is -0.933. The molecule has 0 rings (SSSR count). The number of hydrogen-bond donors (Lipinski definition) is 4. The second kappa shape index (κ2) is 10.5. The van der Waals surface area contributed by atoms with Crippen molar-refractivity contribution in [3.63, 3.8) is 0 Å². The van der Waals surface area contributed by atoms with Crippen molar-refractivity contribution in [2.24, 2.45) is 11.5 Å². The topological polar surface area (TPSA) is 106 Å². The molecule has 0 bridgehead atoms. The summed E-state index contributed by atoms with van der Waals surface area (Å²) < 4.78 is 0. The molecule has 1 atom stereocenters. The van der Waals surface area contributed by atoms with E-state index in [9.17, 15) is 9.59 Å².